The van der Waals surface area contributed by atoms with E-state index in [0.29, 0.717) is 36.5 Å². The average Bonchev–Trinajstić information content (AvgIpc) is 2.80. The smallest absolute Gasteiger partial charge is 0.256 e. The Labute approximate surface area is 177 Å². The second kappa shape index (κ2) is 10.3. The van der Waals surface area contributed by atoms with Crippen LogP contribution in [0.15, 0.2) is 78.9 Å². The Morgan fingerprint density at radius 1 is 0.833 bits per heavy atom. The fourth-order valence-corrected chi connectivity index (χ4v) is 3.13. The van der Waals surface area contributed by atoms with Crippen LogP contribution in [0.3, 0.4) is 0 Å². The molecule has 0 fully saturated rings. The van der Waals surface area contributed by atoms with Crippen LogP contribution in [0.1, 0.15) is 40.1 Å². The van der Waals surface area contributed by atoms with Crippen molar-refractivity contribution in [3.05, 3.63) is 95.6 Å². The van der Waals surface area contributed by atoms with Crippen molar-refractivity contribution in [1.29, 1.82) is 0 Å². The van der Waals surface area contributed by atoms with E-state index < -0.39 is 0 Å². The first-order chi connectivity index (χ1) is 14.6. The van der Waals surface area contributed by atoms with E-state index in [1.807, 2.05) is 62.4 Å². The molecule has 0 aliphatic rings. The van der Waals surface area contributed by atoms with Crippen molar-refractivity contribution in [2.45, 2.75) is 20.5 Å². The number of rotatable bonds is 8. The fraction of sp³-hybridized carbons (Fsp3) is 0.200. The van der Waals surface area contributed by atoms with Gasteiger partial charge in [0, 0.05) is 35.5 Å². The van der Waals surface area contributed by atoms with E-state index in [2.05, 4.69) is 5.32 Å². The van der Waals surface area contributed by atoms with Gasteiger partial charge in [0.1, 0.15) is 12.4 Å². The topological polar surface area (TPSA) is 58.6 Å². The number of hydrogen-bond donors (Lipinski definition) is 1. The molecule has 2 amide bonds. The van der Waals surface area contributed by atoms with Gasteiger partial charge in [0.2, 0.25) is 0 Å². The highest BCUT2D eigenvalue weighted by Gasteiger charge is 2.14. The number of nitrogens with zero attached hydrogens (tertiary/aromatic N) is 1. The van der Waals surface area contributed by atoms with Gasteiger partial charge in [-0.1, -0.05) is 36.4 Å². The zero-order valence-corrected chi connectivity index (χ0v) is 17.3. The fourth-order valence-electron chi connectivity index (χ4n) is 3.13. The molecule has 5 nitrogen and oxygen atoms in total. The number of carbonyl (C=O) groups excluding carboxylic acids is 2. The minimum atomic E-state index is -0.218. The molecule has 3 aromatic carbocycles. The summed E-state index contributed by atoms with van der Waals surface area (Å²) in [5.74, 6) is 0.521. The number of nitrogens with one attached hydrogen (secondary N) is 1. The summed E-state index contributed by atoms with van der Waals surface area (Å²) in [6, 6.07) is 23.8. The second-order valence-electron chi connectivity index (χ2n) is 6.77. The van der Waals surface area contributed by atoms with Gasteiger partial charge in [0.05, 0.1) is 0 Å². The summed E-state index contributed by atoms with van der Waals surface area (Å²) in [5.41, 5.74) is 2.59. The number of ether oxygens (including phenoxy) is 1. The second-order valence-corrected chi connectivity index (χ2v) is 6.77. The molecule has 0 saturated carbocycles. The number of hydrogen-bond acceptors (Lipinski definition) is 3. The Morgan fingerprint density at radius 3 is 2.13 bits per heavy atom. The zero-order chi connectivity index (χ0) is 21.3. The van der Waals surface area contributed by atoms with Crippen molar-refractivity contribution in [3.63, 3.8) is 0 Å². The van der Waals surface area contributed by atoms with Crippen LogP contribution in [0.25, 0.3) is 0 Å². The van der Waals surface area contributed by atoms with E-state index in [1.54, 1.807) is 35.2 Å². The first-order valence-corrected chi connectivity index (χ1v) is 10.1. The van der Waals surface area contributed by atoms with Crippen molar-refractivity contribution >= 4 is 17.5 Å². The molecule has 5 heteroatoms. The highest BCUT2D eigenvalue weighted by atomic mass is 16.5. The van der Waals surface area contributed by atoms with Crippen molar-refractivity contribution in [2.24, 2.45) is 0 Å². The molecule has 0 aliphatic carbocycles. The van der Waals surface area contributed by atoms with Gasteiger partial charge < -0.3 is 15.0 Å². The Morgan fingerprint density at radius 2 is 1.47 bits per heavy atom. The summed E-state index contributed by atoms with van der Waals surface area (Å²) < 4.78 is 5.80. The lowest BCUT2D eigenvalue weighted by atomic mass is 10.1. The molecule has 0 spiro atoms. The lowest BCUT2D eigenvalue weighted by molar-refractivity contribution is 0.0773. The molecule has 154 valence electrons. The normalized spacial score (nSPS) is 10.3. The van der Waals surface area contributed by atoms with E-state index in [0.717, 1.165) is 11.3 Å². The molecule has 3 aromatic rings. The number of benzene rings is 3. The van der Waals surface area contributed by atoms with Crippen LogP contribution in [0.5, 0.6) is 5.75 Å². The van der Waals surface area contributed by atoms with Gasteiger partial charge in [0.25, 0.3) is 11.8 Å². The maximum atomic E-state index is 12.8. The predicted octanol–water partition coefficient (Wildman–Crippen LogP) is 5.00. The monoisotopic (exact) mass is 402 g/mol. The SMILES string of the molecule is CCN(CC)C(=O)c1ccc(NC(=O)c2ccccc2COc2ccccc2)cc1. The molecule has 30 heavy (non-hydrogen) atoms. The first-order valence-electron chi connectivity index (χ1n) is 10.1. The minimum Gasteiger partial charge on any atom is -0.489 e. The molecule has 0 heterocycles. The molecule has 3 rings (SSSR count). The van der Waals surface area contributed by atoms with Crippen LogP contribution in [0, 0.1) is 0 Å². The Hall–Kier alpha value is -3.60. The molecule has 1 N–H and O–H groups in total. The highest BCUT2D eigenvalue weighted by molar-refractivity contribution is 6.05. The lowest BCUT2D eigenvalue weighted by Gasteiger charge is -2.18. The van der Waals surface area contributed by atoms with E-state index >= 15 is 0 Å². The van der Waals surface area contributed by atoms with Gasteiger partial charge in [-0.2, -0.15) is 0 Å². The maximum Gasteiger partial charge on any atom is 0.256 e. The highest BCUT2D eigenvalue weighted by Crippen LogP contribution is 2.17. The predicted molar refractivity (Wildman–Crippen MR) is 119 cm³/mol. The summed E-state index contributed by atoms with van der Waals surface area (Å²) >= 11 is 0. The molecule has 0 bridgehead atoms. The summed E-state index contributed by atoms with van der Waals surface area (Å²) in [6.07, 6.45) is 0. The Bertz CT molecular complexity index is 981. The van der Waals surface area contributed by atoms with Gasteiger partial charge in [-0.3, -0.25) is 9.59 Å². The van der Waals surface area contributed by atoms with Crippen molar-refractivity contribution in [3.8, 4) is 5.75 Å². The molecule has 0 unspecified atom stereocenters. The van der Waals surface area contributed by atoms with E-state index in [9.17, 15) is 9.59 Å². The van der Waals surface area contributed by atoms with Crippen LogP contribution < -0.4 is 10.1 Å². The lowest BCUT2D eigenvalue weighted by Crippen LogP contribution is -2.30. The molecule has 0 aromatic heterocycles. The van der Waals surface area contributed by atoms with Crippen LogP contribution in [-0.2, 0) is 6.61 Å². The zero-order valence-electron chi connectivity index (χ0n) is 17.3. The summed E-state index contributed by atoms with van der Waals surface area (Å²) in [6.45, 7) is 5.53. The third-order valence-electron chi connectivity index (χ3n) is 4.84. The Kier molecular flexibility index (Phi) is 7.22. The van der Waals surface area contributed by atoms with Crippen molar-refractivity contribution in [1.82, 2.24) is 4.90 Å². The van der Waals surface area contributed by atoms with Gasteiger partial charge in [-0.05, 0) is 56.3 Å². The van der Waals surface area contributed by atoms with Crippen molar-refractivity contribution < 1.29 is 14.3 Å². The third kappa shape index (κ3) is 5.26. The molecular weight excluding hydrogens is 376 g/mol. The van der Waals surface area contributed by atoms with Gasteiger partial charge in [0.15, 0.2) is 0 Å². The van der Waals surface area contributed by atoms with Crippen LogP contribution in [-0.4, -0.2) is 29.8 Å². The quantitative estimate of drug-likeness (QED) is 0.577. The Balaban J connectivity index is 1.68. The van der Waals surface area contributed by atoms with Gasteiger partial charge >= 0.3 is 0 Å². The molecule has 0 saturated heterocycles. The van der Waals surface area contributed by atoms with Crippen LogP contribution >= 0.6 is 0 Å². The van der Waals surface area contributed by atoms with E-state index in [1.165, 1.54) is 0 Å². The van der Waals surface area contributed by atoms with Gasteiger partial charge in [-0.25, -0.2) is 0 Å². The summed E-state index contributed by atoms with van der Waals surface area (Å²) in [4.78, 5) is 27.0. The molecule has 0 aliphatic heterocycles. The average molecular weight is 402 g/mol. The third-order valence-corrected chi connectivity index (χ3v) is 4.84. The summed E-state index contributed by atoms with van der Waals surface area (Å²) in [5, 5.41) is 2.90. The van der Waals surface area contributed by atoms with Crippen LogP contribution in [0.2, 0.25) is 0 Å². The first kappa shape index (κ1) is 21.1. The number of carbonyl (C=O) groups is 2. The molecular formula is C25H26N2O3. The number of anilines is 1. The molecule has 0 radical (unpaired) electrons. The number of para-hydroxylation sites is 1. The maximum absolute atomic E-state index is 12.8. The van der Waals surface area contributed by atoms with E-state index in [-0.39, 0.29) is 11.8 Å². The molecule has 0 atom stereocenters. The van der Waals surface area contributed by atoms with Crippen molar-refractivity contribution in [2.75, 3.05) is 18.4 Å². The number of amides is 2. The standard InChI is InChI=1S/C25H26N2O3/c1-3-27(4-2)25(29)19-14-16-21(17-15-19)26-24(28)23-13-9-8-10-20(23)18-30-22-11-6-5-7-12-22/h5-17H,3-4,18H2,1-2H3,(H,26,28). The minimum absolute atomic E-state index is 0.0127. The van der Waals surface area contributed by atoms with E-state index in [4.69, 9.17) is 4.74 Å². The van der Waals surface area contributed by atoms with Crippen LogP contribution in [0.4, 0.5) is 5.69 Å². The van der Waals surface area contributed by atoms with Gasteiger partial charge in [-0.15, -0.1) is 0 Å². The summed E-state index contributed by atoms with van der Waals surface area (Å²) in [7, 11) is 0. The largest absolute Gasteiger partial charge is 0.489 e.